The van der Waals surface area contributed by atoms with Crippen molar-refractivity contribution in [2.24, 2.45) is 5.73 Å². The fraction of sp³-hybridized carbons (Fsp3) is 0.222. The van der Waals surface area contributed by atoms with Crippen LogP contribution in [0.25, 0.3) is 5.65 Å². The van der Waals surface area contributed by atoms with Crippen molar-refractivity contribution < 1.29 is 4.39 Å². The molecule has 0 aliphatic rings. The van der Waals surface area contributed by atoms with Gasteiger partial charge in [-0.3, -0.25) is 0 Å². The number of nitrogens with two attached hydrogens (primary N) is 1. The predicted octanol–water partition coefficient (Wildman–Crippen LogP) is 1.24. The van der Waals surface area contributed by atoms with E-state index in [0.717, 1.165) is 17.0 Å². The molecule has 0 unspecified atom stereocenters. The van der Waals surface area contributed by atoms with Gasteiger partial charge in [-0.15, -0.1) is 0 Å². The third kappa shape index (κ3) is 1.19. The Labute approximate surface area is 75.0 Å². The van der Waals surface area contributed by atoms with Crippen LogP contribution in [0, 0.1) is 12.7 Å². The number of nitrogens with zero attached hydrogens (tertiary/aromatic N) is 2. The predicted molar refractivity (Wildman–Crippen MR) is 47.8 cm³/mol. The molecule has 68 valence electrons. The number of imidazole rings is 1. The van der Waals surface area contributed by atoms with Gasteiger partial charge in [0.05, 0.1) is 5.69 Å². The number of aromatic nitrogens is 2. The first-order valence-corrected chi connectivity index (χ1v) is 4.05. The molecule has 0 aliphatic carbocycles. The second kappa shape index (κ2) is 2.81. The largest absolute Gasteiger partial charge is 0.325 e. The minimum Gasteiger partial charge on any atom is -0.325 e. The molecule has 0 saturated heterocycles. The number of hydrogen-bond acceptors (Lipinski definition) is 2. The third-order valence-electron chi connectivity index (χ3n) is 2.11. The smallest absolute Gasteiger partial charge is 0.139 e. The molecule has 0 radical (unpaired) electrons. The minimum atomic E-state index is -0.267. The topological polar surface area (TPSA) is 43.3 Å². The van der Waals surface area contributed by atoms with E-state index in [9.17, 15) is 4.39 Å². The Kier molecular flexibility index (Phi) is 1.77. The van der Waals surface area contributed by atoms with E-state index in [1.54, 1.807) is 10.5 Å². The molecule has 4 heteroatoms. The Morgan fingerprint density at radius 2 is 2.31 bits per heavy atom. The molecule has 2 N–H and O–H groups in total. The Bertz CT molecular complexity index is 447. The van der Waals surface area contributed by atoms with Crippen molar-refractivity contribution >= 4 is 5.65 Å². The van der Waals surface area contributed by atoms with Gasteiger partial charge in [0, 0.05) is 18.4 Å². The number of rotatable bonds is 1. The SMILES string of the molecule is Cc1c(CN)nc2ccc(F)cn12. The quantitative estimate of drug-likeness (QED) is 0.715. The molecule has 0 fully saturated rings. The Morgan fingerprint density at radius 3 is 3.00 bits per heavy atom. The van der Waals surface area contributed by atoms with Crippen LogP contribution in [-0.2, 0) is 6.54 Å². The molecule has 0 saturated carbocycles. The second-order valence-corrected chi connectivity index (χ2v) is 2.92. The lowest BCUT2D eigenvalue weighted by atomic mass is 10.3. The summed E-state index contributed by atoms with van der Waals surface area (Å²) in [5.74, 6) is -0.267. The van der Waals surface area contributed by atoms with Crippen LogP contribution in [0.5, 0.6) is 0 Å². The zero-order chi connectivity index (χ0) is 9.42. The van der Waals surface area contributed by atoms with Gasteiger partial charge in [0.15, 0.2) is 0 Å². The zero-order valence-corrected chi connectivity index (χ0v) is 7.29. The maximum atomic E-state index is 12.8. The van der Waals surface area contributed by atoms with Crippen molar-refractivity contribution in [3.8, 4) is 0 Å². The van der Waals surface area contributed by atoms with Crippen molar-refractivity contribution in [3.63, 3.8) is 0 Å². The highest BCUT2D eigenvalue weighted by Crippen LogP contribution is 2.11. The number of fused-ring (bicyclic) bond motifs is 1. The van der Waals surface area contributed by atoms with Gasteiger partial charge in [0.2, 0.25) is 0 Å². The van der Waals surface area contributed by atoms with Crippen LogP contribution in [0.4, 0.5) is 4.39 Å². The minimum absolute atomic E-state index is 0.267. The molecule has 3 nitrogen and oxygen atoms in total. The molecular weight excluding hydrogens is 169 g/mol. The van der Waals surface area contributed by atoms with Crippen molar-refractivity contribution in [2.75, 3.05) is 0 Å². The van der Waals surface area contributed by atoms with Gasteiger partial charge in [-0.2, -0.15) is 0 Å². The van der Waals surface area contributed by atoms with Gasteiger partial charge >= 0.3 is 0 Å². The lowest BCUT2D eigenvalue weighted by Gasteiger charge is -1.95. The summed E-state index contributed by atoms with van der Waals surface area (Å²) in [7, 11) is 0. The highest BCUT2D eigenvalue weighted by Gasteiger charge is 2.06. The summed E-state index contributed by atoms with van der Waals surface area (Å²) < 4.78 is 14.6. The molecule has 0 bridgehead atoms. The lowest BCUT2D eigenvalue weighted by molar-refractivity contribution is 0.618. The second-order valence-electron chi connectivity index (χ2n) is 2.92. The maximum absolute atomic E-state index is 12.8. The summed E-state index contributed by atoms with van der Waals surface area (Å²) in [4.78, 5) is 4.24. The van der Waals surface area contributed by atoms with Crippen LogP contribution in [0.3, 0.4) is 0 Å². The van der Waals surface area contributed by atoms with E-state index in [0.29, 0.717) is 6.54 Å². The molecule has 2 aromatic rings. The van der Waals surface area contributed by atoms with Gasteiger partial charge in [-0.05, 0) is 19.1 Å². The lowest BCUT2D eigenvalue weighted by Crippen LogP contribution is -1.98. The fourth-order valence-corrected chi connectivity index (χ4v) is 1.38. The monoisotopic (exact) mass is 179 g/mol. The fourth-order valence-electron chi connectivity index (χ4n) is 1.38. The first-order valence-electron chi connectivity index (χ1n) is 4.05. The highest BCUT2D eigenvalue weighted by atomic mass is 19.1. The summed E-state index contributed by atoms with van der Waals surface area (Å²) in [5.41, 5.74) is 7.93. The average Bonchev–Trinajstić information content (AvgIpc) is 2.44. The van der Waals surface area contributed by atoms with Gasteiger partial charge in [-0.1, -0.05) is 0 Å². The van der Waals surface area contributed by atoms with Crippen molar-refractivity contribution in [2.45, 2.75) is 13.5 Å². The van der Waals surface area contributed by atoms with Crippen LogP contribution in [0.15, 0.2) is 18.3 Å². The third-order valence-corrected chi connectivity index (χ3v) is 2.11. The van der Waals surface area contributed by atoms with E-state index in [4.69, 9.17) is 5.73 Å². The Balaban J connectivity index is 2.77. The van der Waals surface area contributed by atoms with E-state index < -0.39 is 0 Å². The first-order chi connectivity index (χ1) is 6.22. The van der Waals surface area contributed by atoms with Crippen molar-refractivity contribution in [1.82, 2.24) is 9.38 Å². The van der Waals surface area contributed by atoms with Gasteiger partial charge < -0.3 is 10.1 Å². The van der Waals surface area contributed by atoms with E-state index >= 15 is 0 Å². The normalized spacial score (nSPS) is 11.0. The van der Waals surface area contributed by atoms with Crippen molar-refractivity contribution in [1.29, 1.82) is 0 Å². The van der Waals surface area contributed by atoms with Crippen LogP contribution >= 0.6 is 0 Å². The summed E-state index contributed by atoms with van der Waals surface area (Å²) in [6, 6.07) is 3.03. The van der Waals surface area contributed by atoms with E-state index in [-0.39, 0.29) is 5.82 Å². The Hall–Kier alpha value is -1.42. The summed E-state index contributed by atoms with van der Waals surface area (Å²) in [6.07, 6.45) is 1.41. The van der Waals surface area contributed by atoms with E-state index in [1.807, 2.05) is 6.92 Å². The van der Waals surface area contributed by atoms with E-state index in [2.05, 4.69) is 4.98 Å². The standard InChI is InChI=1S/C9H10FN3/c1-6-8(4-11)12-9-3-2-7(10)5-13(6)9/h2-3,5H,4,11H2,1H3. The Morgan fingerprint density at radius 1 is 1.54 bits per heavy atom. The van der Waals surface area contributed by atoms with Crippen LogP contribution in [0.2, 0.25) is 0 Å². The van der Waals surface area contributed by atoms with E-state index in [1.165, 1.54) is 12.3 Å². The molecule has 0 amide bonds. The van der Waals surface area contributed by atoms with Crippen molar-refractivity contribution in [3.05, 3.63) is 35.5 Å². The van der Waals surface area contributed by atoms with Crippen LogP contribution in [0.1, 0.15) is 11.4 Å². The molecule has 0 aromatic carbocycles. The van der Waals surface area contributed by atoms with Gasteiger partial charge in [0.25, 0.3) is 0 Å². The summed E-state index contributed by atoms with van der Waals surface area (Å²) in [6.45, 7) is 2.26. The molecule has 0 atom stereocenters. The average molecular weight is 179 g/mol. The summed E-state index contributed by atoms with van der Waals surface area (Å²) >= 11 is 0. The molecule has 13 heavy (non-hydrogen) atoms. The molecule has 0 aliphatic heterocycles. The molecule has 2 aromatic heterocycles. The first kappa shape index (κ1) is 8.19. The van der Waals surface area contributed by atoms with Crippen LogP contribution in [-0.4, -0.2) is 9.38 Å². The maximum Gasteiger partial charge on any atom is 0.139 e. The number of aryl methyl sites for hydroxylation is 1. The summed E-state index contributed by atoms with van der Waals surface area (Å²) in [5, 5.41) is 0. The molecule has 0 spiro atoms. The molecule has 2 heterocycles. The zero-order valence-electron chi connectivity index (χ0n) is 7.29. The number of pyridine rings is 1. The molecule has 2 rings (SSSR count). The molecular formula is C9H10FN3. The van der Waals surface area contributed by atoms with Gasteiger partial charge in [-0.25, -0.2) is 9.37 Å². The highest BCUT2D eigenvalue weighted by molar-refractivity contribution is 5.42. The van der Waals surface area contributed by atoms with Crippen LogP contribution < -0.4 is 5.73 Å². The number of halogens is 1. The number of hydrogen-bond donors (Lipinski definition) is 1. The van der Waals surface area contributed by atoms with Gasteiger partial charge in [0.1, 0.15) is 11.5 Å².